The Morgan fingerprint density at radius 1 is 0.907 bits per heavy atom. The second kappa shape index (κ2) is 15.0. The van der Waals surface area contributed by atoms with Gasteiger partial charge in [-0.3, -0.25) is 9.59 Å². The Labute approximate surface area is 256 Å². The molecule has 0 bridgehead atoms. The number of benzene rings is 3. The van der Waals surface area contributed by atoms with E-state index in [1.54, 1.807) is 19.2 Å². The van der Waals surface area contributed by atoms with E-state index in [0.29, 0.717) is 23.5 Å². The number of amides is 2. The molecule has 0 aliphatic heterocycles. The Hall–Kier alpha value is -3.89. The average molecular weight is 609 g/mol. The smallest absolute Gasteiger partial charge is 0.304 e. The van der Waals surface area contributed by atoms with Crippen molar-refractivity contribution in [3.8, 4) is 5.75 Å². The number of nitrogens with zero attached hydrogens (tertiary/aromatic N) is 3. The van der Waals surface area contributed by atoms with Crippen molar-refractivity contribution in [1.82, 2.24) is 14.5 Å². The molecule has 3 aromatic rings. The molecule has 2 amide bonds. The van der Waals surface area contributed by atoms with Gasteiger partial charge in [-0.1, -0.05) is 68.4 Å². The molecule has 43 heavy (non-hydrogen) atoms. The minimum atomic E-state index is -4.07. The molecule has 10 heteroatoms. The predicted octanol–water partition coefficient (Wildman–Crippen LogP) is 4.34. The molecule has 0 aliphatic carbocycles. The maximum Gasteiger partial charge on any atom is 0.304 e. The highest BCUT2D eigenvalue weighted by atomic mass is 32.2. The predicted molar refractivity (Wildman–Crippen MR) is 171 cm³/mol. The molecule has 0 saturated heterocycles. The average Bonchev–Trinajstić information content (AvgIpc) is 2.98. The standard InChI is InChI=1S/C33H44N4O5S/c1-24(2)21-34-33(39)31(20-27-12-9-8-10-13-27)36(22-28-14-11-15-29(19-28)42-7)32(38)23-37(43(40,41)35(5)6)30-18-25(3)16-17-26(30)4/h8-19,24,31H,20-23H2,1-7H3,(H,34,39)/t31-/m0/s1. The van der Waals surface area contributed by atoms with Crippen LogP contribution < -0.4 is 14.4 Å². The third kappa shape index (κ3) is 9.05. The summed E-state index contributed by atoms with van der Waals surface area (Å²) in [6, 6.07) is 21.4. The van der Waals surface area contributed by atoms with Crippen LogP contribution in [-0.2, 0) is 32.8 Å². The molecule has 3 rings (SSSR count). The summed E-state index contributed by atoms with van der Waals surface area (Å²) in [5.74, 6) is 0.00665. The molecule has 0 aliphatic rings. The summed E-state index contributed by atoms with van der Waals surface area (Å²) in [5, 5.41) is 3.00. The highest BCUT2D eigenvalue weighted by molar-refractivity contribution is 7.90. The van der Waals surface area contributed by atoms with Gasteiger partial charge in [0, 0.05) is 33.6 Å². The van der Waals surface area contributed by atoms with Crippen molar-refractivity contribution < 1.29 is 22.7 Å². The van der Waals surface area contributed by atoms with E-state index in [0.717, 1.165) is 25.3 Å². The number of ether oxygens (including phenoxy) is 1. The molecule has 0 aromatic heterocycles. The maximum atomic E-state index is 14.4. The number of rotatable bonds is 14. The fourth-order valence-corrected chi connectivity index (χ4v) is 5.75. The summed E-state index contributed by atoms with van der Waals surface area (Å²) in [7, 11) is 0.360. The monoisotopic (exact) mass is 608 g/mol. The van der Waals surface area contributed by atoms with Crippen LogP contribution in [0.4, 0.5) is 5.69 Å². The number of methoxy groups -OCH3 is 1. The Morgan fingerprint density at radius 3 is 2.21 bits per heavy atom. The van der Waals surface area contributed by atoms with E-state index < -0.39 is 28.7 Å². The van der Waals surface area contributed by atoms with Gasteiger partial charge in [-0.2, -0.15) is 12.7 Å². The minimum absolute atomic E-state index is 0.0747. The number of carbonyl (C=O) groups excluding carboxylic acids is 2. The van der Waals surface area contributed by atoms with E-state index in [1.165, 1.54) is 19.0 Å². The number of aryl methyl sites for hydroxylation is 2. The number of anilines is 1. The number of hydrogen-bond acceptors (Lipinski definition) is 5. The lowest BCUT2D eigenvalue weighted by atomic mass is 10.0. The van der Waals surface area contributed by atoms with Gasteiger partial charge in [-0.25, -0.2) is 4.31 Å². The van der Waals surface area contributed by atoms with Crippen molar-refractivity contribution in [1.29, 1.82) is 0 Å². The Balaban J connectivity index is 2.13. The van der Waals surface area contributed by atoms with E-state index >= 15 is 0 Å². The molecule has 3 aromatic carbocycles. The minimum Gasteiger partial charge on any atom is -0.497 e. The highest BCUT2D eigenvalue weighted by Gasteiger charge is 2.35. The third-order valence-electron chi connectivity index (χ3n) is 7.09. The van der Waals surface area contributed by atoms with Crippen molar-refractivity contribution >= 4 is 27.7 Å². The van der Waals surface area contributed by atoms with Crippen LogP contribution in [0, 0.1) is 19.8 Å². The largest absolute Gasteiger partial charge is 0.497 e. The van der Waals surface area contributed by atoms with E-state index in [9.17, 15) is 18.0 Å². The van der Waals surface area contributed by atoms with Gasteiger partial charge in [0.25, 0.3) is 0 Å². The molecule has 1 atom stereocenters. The van der Waals surface area contributed by atoms with Crippen LogP contribution in [-0.4, -0.2) is 69.8 Å². The molecule has 0 spiro atoms. The molecule has 1 N–H and O–H groups in total. The lowest BCUT2D eigenvalue weighted by molar-refractivity contribution is -0.140. The van der Waals surface area contributed by atoms with Crippen molar-refractivity contribution in [2.24, 2.45) is 5.92 Å². The first-order valence-electron chi connectivity index (χ1n) is 14.3. The van der Waals surface area contributed by atoms with Crippen LogP contribution in [0.15, 0.2) is 72.8 Å². The Bertz CT molecular complexity index is 1490. The molecule has 0 saturated carbocycles. The maximum absolute atomic E-state index is 14.4. The van der Waals surface area contributed by atoms with Crippen molar-refractivity contribution in [2.75, 3.05) is 38.6 Å². The number of carbonyl (C=O) groups is 2. The third-order valence-corrected chi connectivity index (χ3v) is 8.90. The van der Waals surface area contributed by atoms with Crippen molar-refractivity contribution in [3.05, 3.63) is 95.1 Å². The summed E-state index contributed by atoms with van der Waals surface area (Å²) < 4.78 is 34.9. The summed E-state index contributed by atoms with van der Waals surface area (Å²) >= 11 is 0. The molecule has 232 valence electrons. The highest BCUT2D eigenvalue weighted by Crippen LogP contribution is 2.26. The SMILES string of the molecule is COc1cccc(CN(C(=O)CN(c2cc(C)ccc2C)S(=O)(=O)N(C)C)[C@@H](Cc2ccccc2)C(=O)NCC(C)C)c1. The summed E-state index contributed by atoms with van der Waals surface area (Å²) in [6.07, 6.45) is 0.254. The molecule has 0 unspecified atom stereocenters. The van der Waals surface area contributed by atoms with Crippen molar-refractivity contribution in [2.45, 2.75) is 46.7 Å². The van der Waals surface area contributed by atoms with Gasteiger partial charge < -0.3 is 15.0 Å². The van der Waals surface area contributed by atoms with E-state index in [1.807, 2.05) is 88.4 Å². The lowest BCUT2D eigenvalue weighted by Crippen LogP contribution is -2.54. The van der Waals surface area contributed by atoms with Crippen LogP contribution in [0.5, 0.6) is 5.75 Å². The molecule has 0 radical (unpaired) electrons. The van der Waals surface area contributed by atoms with Crippen LogP contribution in [0.2, 0.25) is 0 Å². The van der Waals surface area contributed by atoms with Gasteiger partial charge in [0.15, 0.2) is 0 Å². The van der Waals surface area contributed by atoms with Crippen molar-refractivity contribution in [3.63, 3.8) is 0 Å². The molecular formula is C33H44N4O5S. The van der Waals surface area contributed by atoms with Gasteiger partial charge in [0.1, 0.15) is 18.3 Å². The van der Waals surface area contributed by atoms with E-state index in [2.05, 4.69) is 5.32 Å². The first-order chi connectivity index (χ1) is 20.3. The zero-order chi connectivity index (χ0) is 31.7. The van der Waals surface area contributed by atoms with Crippen LogP contribution in [0.1, 0.15) is 36.1 Å². The second-order valence-corrected chi connectivity index (χ2v) is 13.4. The Kier molecular flexibility index (Phi) is 11.7. The summed E-state index contributed by atoms with van der Waals surface area (Å²) in [4.78, 5) is 29.7. The van der Waals surface area contributed by atoms with Gasteiger partial charge >= 0.3 is 10.2 Å². The fraction of sp³-hybridized carbons (Fsp3) is 0.394. The van der Waals surface area contributed by atoms with Crippen LogP contribution in [0.25, 0.3) is 0 Å². The molecule has 0 heterocycles. The normalized spacial score (nSPS) is 12.2. The zero-order valence-corrected chi connectivity index (χ0v) is 27.0. The van der Waals surface area contributed by atoms with Gasteiger partial charge in [-0.05, 0) is 60.2 Å². The second-order valence-electron chi connectivity index (χ2n) is 11.3. The molecule has 0 fully saturated rings. The lowest BCUT2D eigenvalue weighted by Gasteiger charge is -2.35. The van der Waals surface area contributed by atoms with Crippen LogP contribution in [0.3, 0.4) is 0 Å². The summed E-state index contributed by atoms with van der Waals surface area (Å²) in [6.45, 7) is 7.70. The summed E-state index contributed by atoms with van der Waals surface area (Å²) in [5.41, 5.74) is 3.60. The van der Waals surface area contributed by atoms with E-state index in [4.69, 9.17) is 4.74 Å². The van der Waals surface area contributed by atoms with E-state index in [-0.39, 0.29) is 24.8 Å². The van der Waals surface area contributed by atoms with Crippen LogP contribution >= 0.6 is 0 Å². The molecular weight excluding hydrogens is 564 g/mol. The number of hydrogen-bond donors (Lipinski definition) is 1. The topological polar surface area (TPSA) is 99.3 Å². The molecule has 9 nitrogen and oxygen atoms in total. The number of nitrogens with one attached hydrogen (secondary N) is 1. The van der Waals surface area contributed by atoms with Gasteiger partial charge in [0.2, 0.25) is 11.8 Å². The Morgan fingerprint density at radius 2 is 1.58 bits per heavy atom. The van der Waals surface area contributed by atoms with Gasteiger partial charge in [0.05, 0.1) is 12.8 Å². The first kappa shape index (κ1) is 33.6. The van der Waals surface area contributed by atoms with Gasteiger partial charge in [-0.15, -0.1) is 0 Å². The zero-order valence-electron chi connectivity index (χ0n) is 26.2. The fourth-order valence-electron chi connectivity index (χ4n) is 4.63. The quantitative estimate of drug-likeness (QED) is 0.294. The first-order valence-corrected chi connectivity index (χ1v) is 15.7.